The summed E-state index contributed by atoms with van der Waals surface area (Å²) >= 11 is 1.68. The Morgan fingerprint density at radius 1 is 1.03 bits per heavy atom. The number of benzene rings is 2. The van der Waals surface area contributed by atoms with Gasteiger partial charge in [-0.1, -0.05) is 12.1 Å². The van der Waals surface area contributed by atoms with Crippen LogP contribution in [0.3, 0.4) is 0 Å². The zero-order chi connectivity index (χ0) is 25.8. The summed E-state index contributed by atoms with van der Waals surface area (Å²) in [6, 6.07) is 9.69. The second-order valence-corrected chi connectivity index (χ2v) is 11.9. The van der Waals surface area contributed by atoms with Crippen LogP contribution in [0.1, 0.15) is 43.5 Å². The van der Waals surface area contributed by atoms with Crippen LogP contribution in [0.5, 0.6) is 0 Å². The van der Waals surface area contributed by atoms with Gasteiger partial charge in [-0.25, -0.2) is 18.6 Å². The first kappa shape index (κ1) is 24.0. The third-order valence-electron chi connectivity index (χ3n) is 8.25. The average Bonchev–Trinajstić information content (AvgIpc) is 3.36. The Balaban J connectivity index is 1.17. The Morgan fingerprint density at radius 3 is 2.43 bits per heavy atom. The van der Waals surface area contributed by atoms with E-state index in [1.165, 1.54) is 19.6 Å². The van der Waals surface area contributed by atoms with Crippen molar-refractivity contribution < 1.29 is 23.1 Å². The number of carbonyl (C=O) groups excluding carboxylic acids is 2. The summed E-state index contributed by atoms with van der Waals surface area (Å²) in [6.07, 6.45) is 7.96. The minimum atomic E-state index is -0.844. The van der Waals surface area contributed by atoms with Crippen molar-refractivity contribution in [2.24, 2.45) is 17.3 Å². The van der Waals surface area contributed by atoms with Crippen molar-refractivity contribution in [3.05, 3.63) is 65.3 Å². The number of nitrogens with one attached hydrogen (secondary N) is 2. The molecule has 2 amide bonds. The summed E-state index contributed by atoms with van der Waals surface area (Å²) in [4.78, 5) is 30.9. The van der Waals surface area contributed by atoms with Gasteiger partial charge in [0.15, 0.2) is 0 Å². The van der Waals surface area contributed by atoms with E-state index in [1.807, 2.05) is 18.3 Å². The predicted octanol–water partition coefficient (Wildman–Crippen LogP) is 6.74. The number of anilines is 2. The van der Waals surface area contributed by atoms with Gasteiger partial charge in [-0.2, -0.15) is 0 Å². The second-order valence-electron chi connectivity index (χ2n) is 10.8. The third kappa shape index (κ3) is 4.29. The minimum absolute atomic E-state index is 0.0583. The topological polar surface area (TPSA) is 80.3 Å². The van der Waals surface area contributed by atoms with Gasteiger partial charge in [0, 0.05) is 23.4 Å². The summed E-state index contributed by atoms with van der Waals surface area (Å²) in [5.74, 6) is -0.517. The Labute approximate surface area is 217 Å². The Hall–Kier alpha value is -3.33. The van der Waals surface area contributed by atoms with Crippen LogP contribution in [-0.2, 0) is 14.9 Å². The molecule has 2 atom stereocenters. The van der Waals surface area contributed by atoms with E-state index in [0.717, 1.165) is 53.6 Å². The molecule has 1 heterocycles. The summed E-state index contributed by atoms with van der Waals surface area (Å²) in [5.41, 5.74) is 0.985. The number of ether oxygens (including phenoxy) is 1. The molecule has 4 aliphatic carbocycles. The highest BCUT2D eigenvalue weighted by atomic mass is 32.1. The number of hydrogen-bond donors (Lipinski definition) is 2. The zero-order valence-corrected chi connectivity index (χ0v) is 21.2. The number of aromatic nitrogens is 1. The molecule has 4 bridgehead atoms. The number of halogens is 2. The van der Waals surface area contributed by atoms with Gasteiger partial charge in [-0.3, -0.25) is 4.79 Å². The van der Waals surface area contributed by atoms with Gasteiger partial charge < -0.3 is 15.4 Å². The smallest absolute Gasteiger partial charge is 0.323 e. The first-order valence-corrected chi connectivity index (χ1v) is 13.3. The molecular weight excluding hydrogens is 496 g/mol. The molecule has 0 spiro atoms. The number of rotatable bonds is 5. The largest absolute Gasteiger partial charge is 0.469 e. The fraction of sp³-hybridized carbons (Fsp3) is 0.393. The lowest BCUT2D eigenvalue weighted by atomic mass is 9.44. The number of amides is 2. The lowest BCUT2D eigenvalue weighted by Gasteiger charge is -2.60. The molecule has 7 rings (SSSR count). The molecule has 1 aromatic heterocycles. The molecule has 2 unspecified atom stereocenters. The van der Waals surface area contributed by atoms with Crippen molar-refractivity contribution >= 4 is 34.7 Å². The maximum absolute atomic E-state index is 13.8. The van der Waals surface area contributed by atoms with Gasteiger partial charge in [0.1, 0.15) is 11.6 Å². The summed E-state index contributed by atoms with van der Waals surface area (Å²) in [7, 11) is 1.50. The molecule has 2 N–H and O–H groups in total. The quantitative estimate of drug-likeness (QED) is 0.363. The Morgan fingerprint density at radius 2 is 1.76 bits per heavy atom. The maximum Gasteiger partial charge on any atom is 0.323 e. The van der Waals surface area contributed by atoms with Crippen LogP contribution in [-0.4, -0.2) is 24.1 Å². The molecule has 0 aliphatic heterocycles. The molecule has 37 heavy (non-hydrogen) atoms. The molecular formula is C28H27F2N3O3S. The number of nitrogens with zero attached hydrogens (tertiary/aromatic N) is 1. The van der Waals surface area contributed by atoms with Crippen LogP contribution in [0.15, 0.2) is 48.7 Å². The number of hydrogen-bond acceptors (Lipinski definition) is 5. The lowest BCUT2D eigenvalue weighted by Crippen LogP contribution is -2.57. The molecule has 4 aliphatic rings. The summed E-state index contributed by atoms with van der Waals surface area (Å²) in [6.45, 7) is 0. The summed E-state index contributed by atoms with van der Waals surface area (Å²) < 4.78 is 32.1. The molecule has 6 nitrogen and oxygen atoms in total. The molecule has 0 saturated heterocycles. The van der Waals surface area contributed by atoms with Crippen molar-refractivity contribution in [3.63, 3.8) is 0 Å². The molecule has 192 valence electrons. The van der Waals surface area contributed by atoms with Crippen LogP contribution in [0, 0.1) is 28.9 Å². The summed E-state index contributed by atoms with van der Waals surface area (Å²) in [5, 5.41) is 6.14. The van der Waals surface area contributed by atoms with Gasteiger partial charge in [0.25, 0.3) is 0 Å². The zero-order valence-electron chi connectivity index (χ0n) is 20.4. The second kappa shape index (κ2) is 8.90. The van der Waals surface area contributed by atoms with Crippen molar-refractivity contribution in [1.82, 2.24) is 4.98 Å². The maximum atomic E-state index is 13.8. The molecule has 2 aromatic carbocycles. The molecule has 9 heteroatoms. The van der Waals surface area contributed by atoms with Gasteiger partial charge in [0.2, 0.25) is 0 Å². The van der Waals surface area contributed by atoms with Gasteiger partial charge in [-0.15, -0.1) is 11.3 Å². The number of thiazole rings is 1. The van der Waals surface area contributed by atoms with Crippen LogP contribution in [0.2, 0.25) is 0 Å². The van der Waals surface area contributed by atoms with Crippen molar-refractivity contribution in [2.45, 2.75) is 43.9 Å². The molecule has 4 saturated carbocycles. The Kier molecular flexibility index (Phi) is 5.78. The molecule has 0 radical (unpaired) electrons. The Bertz CT molecular complexity index is 1360. The van der Waals surface area contributed by atoms with Crippen LogP contribution < -0.4 is 10.6 Å². The first-order valence-electron chi connectivity index (χ1n) is 12.5. The van der Waals surface area contributed by atoms with E-state index in [0.29, 0.717) is 23.6 Å². The van der Waals surface area contributed by atoms with Gasteiger partial charge >= 0.3 is 12.0 Å². The van der Waals surface area contributed by atoms with Crippen LogP contribution in [0.4, 0.5) is 25.0 Å². The van der Waals surface area contributed by atoms with E-state index in [9.17, 15) is 18.4 Å². The number of carbonyl (C=O) groups is 2. The highest BCUT2D eigenvalue weighted by Crippen LogP contribution is 2.66. The average molecular weight is 524 g/mol. The fourth-order valence-electron chi connectivity index (χ4n) is 7.21. The third-order valence-corrected chi connectivity index (χ3v) is 9.54. The van der Waals surface area contributed by atoms with E-state index >= 15 is 0 Å². The molecule has 3 aromatic rings. The van der Waals surface area contributed by atoms with Crippen molar-refractivity contribution in [1.29, 1.82) is 0 Å². The first-order chi connectivity index (χ1) is 17.8. The minimum Gasteiger partial charge on any atom is -0.469 e. The van der Waals surface area contributed by atoms with Crippen molar-refractivity contribution in [3.8, 4) is 10.4 Å². The number of methoxy groups -OCH3 is 1. The standard InChI is InChI=1S/C28H27F2N3O3S/c1-36-25(34)28-12-16-8-17(13-28)11-27(10-16,15-28)24-31-14-23(37-24)18-2-5-20(6-3-18)32-26(35)33-22-7-4-19(29)9-21(22)30/h2-7,9,14,16-17H,8,10-13,15H2,1H3,(H2,32,33,35). The van der Waals surface area contributed by atoms with Crippen molar-refractivity contribution in [2.75, 3.05) is 17.7 Å². The lowest BCUT2D eigenvalue weighted by molar-refractivity contribution is -0.171. The monoisotopic (exact) mass is 523 g/mol. The fourth-order valence-corrected chi connectivity index (χ4v) is 8.34. The highest BCUT2D eigenvalue weighted by molar-refractivity contribution is 7.15. The SMILES string of the molecule is COC(=O)C12CC3CC(C1)CC(c1ncc(-c4ccc(NC(=O)Nc5ccc(F)cc5F)cc4)s1)(C3)C2. The van der Waals surface area contributed by atoms with Crippen LogP contribution >= 0.6 is 11.3 Å². The van der Waals surface area contributed by atoms with Gasteiger partial charge in [-0.05, 0) is 80.2 Å². The van der Waals surface area contributed by atoms with E-state index in [1.54, 1.807) is 23.5 Å². The van der Waals surface area contributed by atoms with E-state index < -0.39 is 17.7 Å². The number of urea groups is 1. The van der Waals surface area contributed by atoms with E-state index in [-0.39, 0.29) is 22.5 Å². The van der Waals surface area contributed by atoms with E-state index in [4.69, 9.17) is 9.72 Å². The predicted molar refractivity (Wildman–Crippen MR) is 137 cm³/mol. The molecule has 4 fully saturated rings. The van der Waals surface area contributed by atoms with E-state index in [2.05, 4.69) is 10.6 Å². The van der Waals surface area contributed by atoms with Crippen LogP contribution in [0.25, 0.3) is 10.4 Å². The highest BCUT2D eigenvalue weighted by Gasteiger charge is 2.62. The van der Waals surface area contributed by atoms with Gasteiger partial charge in [0.05, 0.1) is 28.1 Å². The normalized spacial score (nSPS) is 27.6. The number of esters is 1.